The van der Waals surface area contributed by atoms with Crippen molar-refractivity contribution in [2.75, 3.05) is 71.3 Å². The maximum absolute atomic E-state index is 12.1. The van der Waals surface area contributed by atoms with Crippen LogP contribution in [-0.4, -0.2) is 131 Å². The third kappa shape index (κ3) is 25.5. The number of anilines is 1. The number of nitrogens with zero attached hydrogens (tertiary/aromatic N) is 3. The molecule has 2 aliphatic rings. The van der Waals surface area contributed by atoms with E-state index in [4.69, 9.17) is 36.4 Å². The molecule has 6 heterocycles. The summed E-state index contributed by atoms with van der Waals surface area (Å²) >= 11 is 5.75. The number of H-pyrrole nitrogens is 4. The molecule has 0 bridgehead atoms. The highest BCUT2D eigenvalue weighted by Crippen LogP contribution is 2.35. The fourth-order valence-corrected chi connectivity index (χ4v) is 13.3. The number of esters is 1. The Kier molecular flexibility index (Phi) is 35.7. The number of nitrogens with two attached hydrogens (primary N) is 2. The number of methoxy groups -OCH3 is 1. The van der Waals surface area contributed by atoms with Gasteiger partial charge >= 0.3 is 11.9 Å². The molecule has 11 aromatic rings. The largest absolute Gasteiger partial charge is 0.478 e. The van der Waals surface area contributed by atoms with E-state index in [-0.39, 0.29) is 53.6 Å². The zero-order chi connectivity index (χ0) is 81.8. The summed E-state index contributed by atoms with van der Waals surface area (Å²) in [6.07, 6.45) is 2.54. The van der Waals surface area contributed by atoms with E-state index in [0.29, 0.717) is 27.9 Å². The highest BCUT2D eigenvalue weighted by molar-refractivity contribution is 9.12. The molecule has 24 heteroatoms. The van der Waals surface area contributed by atoms with Gasteiger partial charge in [-0.3, -0.25) is 33.7 Å². The molecule has 0 spiro atoms. The number of aromatic amines is 4. The third-order valence-electron chi connectivity index (χ3n) is 19.0. The van der Waals surface area contributed by atoms with E-state index in [9.17, 15) is 38.7 Å². The number of nitrogens with one attached hydrogen (secondary N) is 4. The van der Waals surface area contributed by atoms with Gasteiger partial charge < -0.3 is 65.8 Å². The van der Waals surface area contributed by atoms with Crippen LogP contribution in [0.4, 0.5) is 5.69 Å². The van der Waals surface area contributed by atoms with Crippen molar-refractivity contribution < 1.29 is 43.9 Å². The summed E-state index contributed by atoms with van der Waals surface area (Å²) < 4.78 is 15.8. The molecule has 1 atom stereocenters. The van der Waals surface area contributed by atoms with Gasteiger partial charge in [0.1, 0.15) is 10.9 Å². The van der Waals surface area contributed by atoms with E-state index in [1.54, 1.807) is 11.0 Å². The van der Waals surface area contributed by atoms with Gasteiger partial charge in [-0.2, -0.15) is 5.26 Å². The first-order valence-electron chi connectivity index (χ1n) is 36.5. The first-order chi connectivity index (χ1) is 52.9. The third-order valence-corrected chi connectivity index (χ3v) is 19.8. The molecule has 0 radical (unpaired) electrons. The molecular formula is C87H103Br2N9O13. The summed E-state index contributed by atoms with van der Waals surface area (Å²) in [4.78, 5) is 96.4. The predicted molar refractivity (Wildman–Crippen MR) is 452 cm³/mol. The van der Waals surface area contributed by atoms with Gasteiger partial charge in [-0.05, 0) is 192 Å². The zero-order valence-electron chi connectivity index (χ0n) is 65.5. The first kappa shape index (κ1) is 89.8. The lowest BCUT2D eigenvalue weighted by Crippen LogP contribution is -2.40. The SMILES string of the molecule is CCN(c1cc(-c2ccc(CN3CCOCC3)cc2)cc(C(=O)O)c1C)C1CCOCC1.COC(=O)C(CO)CO.Cc1ccc2c(Br)c(=O)[nH]c(C)c2c1.Cc1ccc2c(C=O)c(=O)[nH]c(C)c2c1.Cc1ccc2c(CN)c(=O)[nH]c(C)c2c1.Cc1ccc2cc(=O)[nH]c(C)c2c1.Cc1cccc(C(C)N)c1.N#CBr. The lowest BCUT2D eigenvalue weighted by molar-refractivity contribution is -0.148. The standard InChI is InChI=1S/C26H34N2O4.C12H14N2O.C12H11NO2.C11H10BrNO.C11H11NO.C9H13N.C5H10O4.CBrN/c1-3-28(23-8-12-31-13-9-23)25-17-22(16-24(19(25)2)26(29)30)21-6-4-20(5-7-21)18-27-10-14-32-15-11-27;1-7-3-4-9-10(5-7)8(2)14-12(15)11(9)6-13;1-7-3-4-9-10(5-7)8(2)13-12(15)11(9)6-14;1-6-3-4-8-9(5-6)7(2)13-11(14)10(8)12;1-7-3-4-9-6-11(13)12-8(2)10(9)5-7;1-7-4-3-5-9(6-7)8(2)10;1-9-5(8)4(2-6)3-7;2-1-3/h4-7,16-17,23H,3,8-15,18H2,1-2H3,(H,29,30);3-5H,6,13H2,1-2H3,(H,14,15);3-6H,1-2H3,(H,13,15);3-5H,1-2H3,(H,13,14);3-6H,1-2H3,(H,12,13);3-6,8H,10H2,1-2H3;4,6-7H,2-3H2,1H3;. The second-order valence-electron chi connectivity index (χ2n) is 27.3. The van der Waals surface area contributed by atoms with Crippen LogP contribution in [0.5, 0.6) is 0 Å². The molecule has 588 valence electrons. The number of ether oxygens (including phenoxy) is 3. The molecule has 2 saturated heterocycles. The molecule has 22 nitrogen and oxygen atoms in total. The Bertz CT molecular complexity index is 5290. The van der Waals surface area contributed by atoms with Gasteiger partial charge in [0.15, 0.2) is 6.29 Å². The van der Waals surface area contributed by atoms with Crippen LogP contribution in [-0.2, 0) is 32.1 Å². The molecule has 11 N–H and O–H groups in total. The van der Waals surface area contributed by atoms with Crippen LogP contribution in [0.25, 0.3) is 54.2 Å². The van der Waals surface area contributed by atoms with Gasteiger partial charge in [-0.25, -0.2) is 4.79 Å². The van der Waals surface area contributed by atoms with E-state index in [1.807, 2.05) is 136 Å². The summed E-state index contributed by atoms with van der Waals surface area (Å²) in [6, 6.07) is 46.8. The summed E-state index contributed by atoms with van der Waals surface area (Å²) in [5, 5.41) is 41.8. The number of benzene rings is 7. The average molecular weight is 1640 g/mol. The molecule has 2 fully saturated rings. The van der Waals surface area contributed by atoms with Crippen LogP contribution in [0.3, 0.4) is 0 Å². The fraction of sp³-hybridized carbons (Fsp3) is 0.333. The number of aliphatic hydroxyl groups excluding tert-OH is 2. The number of aromatic carboxylic acids is 1. The number of morpholine rings is 1. The summed E-state index contributed by atoms with van der Waals surface area (Å²) in [6.45, 7) is 30.1. The summed E-state index contributed by atoms with van der Waals surface area (Å²) in [5.41, 5.74) is 27.8. The Hall–Kier alpha value is -10.0. The van der Waals surface area contributed by atoms with Gasteiger partial charge in [0.2, 0.25) is 5.56 Å². The van der Waals surface area contributed by atoms with Crippen molar-refractivity contribution in [3.05, 3.63) is 269 Å². The second-order valence-corrected chi connectivity index (χ2v) is 28.5. The number of pyridine rings is 4. The maximum Gasteiger partial charge on any atom is 0.336 e. The smallest absolute Gasteiger partial charge is 0.336 e. The summed E-state index contributed by atoms with van der Waals surface area (Å²) in [7, 11) is 1.21. The lowest BCUT2D eigenvalue weighted by atomic mass is 9.95. The molecule has 1 unspecified atom stereocenters. The number of rotatable bonds is 13. The van der Waals surface area contributed by atoms with E-state index in [2.05, 4.69) is 147 Å². The minimum absolute atomic E-state index is 0.0335. The normalized spacial score (nSPS) is 12.7. The van der Waals surface area contributed by atoms with Crippen LogP contribution >= 0.6 is 31.9 Å². The number of aromatic nitrogens is 4. The van der Waals surface area contributed by atoms with Crippen molar-refractivity contribution in [3.63, 3.8) is 0 Å². The van der Waals surface area contributed by atoms with E-state index < -0.39 is 17.9 Å². The molecule has 7 aromatic carbocycles. The second kappa shape index (κ2) is 44.1. The fourth-order valence-electron chi connectivity index (χ4n) is 12.9. The minimum Gasteiger partial charge on any atom is -0.478 e. The van der Waals surface area contributed by atoms with Crippen molar-refractivity contribution in [3.8, 4) is 16.1 Å². The molecule has 4 aromatic heterocycles. The van der Waals surface area contributed by atoms with Gasteiger partial charge in [0.05, 0.1) is 49.1 Å². The van der Waals surface area contributed by atoms with Gasteiger partial charge in [0, 0.05) is 141 Å². The molecule has 0 saturated carbocycles. The zero-order valence-corrected chi connectivity index (χ0v) is 68.6. The molecule has 0 amide bonds. The predicted octanol–water partition coefficient (Wildman–Crippen LogP) is 14.4. The molecular weight excluding hydrogens is 1540 g/mol. The number of carbonyl (C=O) groups is 3. The van der Waals surface area contributed by atoms with E-state index in [1.165, 1.54) is 40.5 Å². The Morgan fingerprint density at radius 2 is 1.14 bits per heavy atom. The van der Waals surface area contributed by atoms with E-state index in [0.717, 1.165) is 159 Å². The Morgan fingerprint density at radius 1 is 0.640 bits per heavy atom. The van der Waals surface area contributed by atoms with E-state index >= 15 is 0 Å². The van der Waals surface area contributed by atoms with Crippen LogP contribution in [0.15, 0.2) is 163 Å². The van der Waals surface area contributed by atoms with Crippen molar-refractivity contribution >= 4 is 98.9 Å². The molecule has 0 aliphatic carbocycles. The number of carboxylic acid groups (broad SMARTS) is 1. The Labute approximate surface area is 664 Å². The number of aryl methyl sites for hydroxylation is 9. The topological polar surface area (TPSA) is 353 Å². The number of fused-ring (bicyclic) bond motifs is 4. The quantitative estimate of drug-likeness (QED) is 0.0382. The number of carboxylic acids is 1. The Morgan fingerprint density at radius 3 is 1.64 bits per heavy atom. The Balaban J connectivity index is 0.000000210. The first-order valence-corrected chi connectivity index (χ1v) is 38.1. The number of halogens is 2. The summed E-state index contributed by atoms with van der Waals surface area (Å²) in [5.74, 6) is -2.24. The number of carbonyl (C=O) groups excluding carboxylic acids is 2. The van der Waals surface area contributed by atoms with Crippen molar-refractivity contribution in [1.29, 1.82) is 5.26 Å². The van der Waals surface area contributed by atoms with Crippen molar-refractivity contribution in [2.45, 2.75) is 121 Å². The van der Waals surface area contributed by atoms with Crippen LogP contribution in [0.1, 0.15) is 126 Å². The number of aliphatic hydroxyl groups is 2. The van der Waals surface area contributed by atoms with Gasteiger partial charge in [-0.15, -0.1) is 0 Å². The van der Waals surface area contributed by atoms with Crippen LogP contribution in [0, 0.1) is 85.4 Å². The maximum atomic E-state index is 12.1. The molecule has 111 heavy (non-hydrogen) atoms. The van der Waals surface area contributed by atoms with Crippen LogP contribution < -0.4 is 38.6 Å². The van der Waals surface area contributed by atoms with Gasteiger partial charge in [0.25, 0.3) is 16.7 Å². The van der Waals surface area contributed by atoms with Crippen molar-refractivity contribution in [2.24, 2.45) is 17.4 Å². The molecule has 2 aliphatic heterocycles. The number of hydrogen-bond acceptors (Lipinski definition) is 17. The monoisotopic (exact) mass is 1640 g/mol. The van der Waals surface area contributed by atoms with Crippen LogP contribution in [0.2, 0.25) is 0 Å². The number of nitriles is 1. The number of aldehydes is 1. The average Bonchev–Trinajstić information content (AvgIpc) is 0.801. The minimum atomic E-state index is -0.877. The van der Waals surface area contributed by atoms with Crippen molar-refractivity contribution in [1.82, 2.24) is 24.8 Å². The van der Waals surface area contributed by atoms with Gasteiger partial charge in [-0.1, -0.05) is 125 Å². The number of hydrogen-bond donors (Lipinski definition) is 9. The highest BCUT2D eigenvalue weighted by Gasteiger charge is 2.25. The highest BCUT2D eigenvalue weighted by atomic mass is 79.9. The lowest BCUT2D eigenvalue weighted by Gasteiger charge is -2.36. The molecule has 13 rings (SSSR count).